The quantitative estimate of drug-likeness (QED) is 0.0554. The Morgan fingerprint density at radius 1 is 0.180 bits per heavy atom. The monoisotopic (exact) mass is 859 g/mol. The topological polar surface area (TPSA) is 9.23 Å². The number of unbranched alkanes of at least 4 members (excludes halogenated alkanes) is 38. The summed E-state index contributed by atoms with van der Waals surface area (Å²) in [7, 11) is 0. The maximum absolute atomic E-state index is 7.92. The summed E-state index contributed by atoms with van der Waals surface area (Å²) in [5.74, 6) is 1.55. The minimum Gasteiger partial charge on any atom is -0.374 e. The molecule has 368 valence electrons. The Kier molecular flexibility index (Phi) is 52.5. The van der Waals surface area contributed by atoms with Crippen LogP contribution < -0.4 is 0 Å². The molecule has 1 heteroatoms. The van der Waals surface area contributed by atoms with Crippen LogP contribution in [0.2, 0.25) is 0 Å². The lowest BCUT2D eigenvalue weighted by Crippen LogP contribution is -2.34. The van der Waals surface area contributed by atoms with E-state index in [1.165, 1.54) is 321 Å². The second-order valence-corrected chi connectivity index (χ2v) is 20.9. The molecule has 0 aromatic rings. The van der Waals surface area contributed by atoms with E-state index in [0.29, 0.717) is 12.2 Å². The highest BCUT2D eigenvalue weighted by Gasteiger charge is 2.29. The molecule has 0 saturated heterocycles. The second-order valence-electron chi connectivity index (χ2n) is 20.9. The van der Waals surface area contributed by atoms with Crippen LogP contribution >= 0.6 is 0 Å². The van der Waals surface area contributed by atoms with Crippen molar-refractivity contribution in [2.75, 3.05) is 0 Å². The number of ether oxygens (including phenoxy) is 1. The Bertz CT molecular complexity index is 666. The summed E-state index contributed by atoms with van der Waals surface area (Å²) >= 11 is 0. The summed E-state index contributed by atoms with van der Waals surface area (Å²) in [4.78, 5) is 0. The van der Waals surface area contributed by atoms with Gasteiger partial charge in [0, 0.05) is 0 Å². The first-order valence-corrected chi connectivity index (χ1v) is 29.8. The first kappa shape index (κ1) is 61.0. The van der Waals surface area contributed by atoms with Crippen LogP contribution in [0.3, 0.4) is 0 Å². The van der Waals surface area contributed by atoms with Crippen molar-refractivity contribution in [2.45, 2.75) is 375 Å². The molecule has 0 heterocycles. The predicted molar refractivity (Wildman–Crippen MR) is 281 cm³/mol. The highest BCUT2D eigenvalue weighted by molar-refractivity contribution is 4.79. The van der Waals surface area contributed by atoms with Crippen molar-refractivity contribution in [2.24, 2.45) is 11.8 Å². The fourth-order valence-electron chi connectivity index (χ4n) is 10.5. The fourth-order valence-corrected chi connectivity index (χ4v) is 10.5. The van der Waals surface area contributed by atoms with Gasteiger partial charge in [0.2, 0.25) is 0 Å². The average molecular weight is 860 g/mol. The molecule has 0 saturated carbocycles. The van der Waals surface area contributed by atoms with Crippen molar-refractivity contribution in [1.82, 2.24) is 0 Å². The van der Waals surface area contributed by atoms with Gasteiger partial charge >= 0.3 is 0 Å². The van der Waals surface area contributed by atoms with Crippen molar-refractivity contribution in [1.29, 1.82) is 0 Å². The molecule has 0 radical (unpaired) electrons. The van der Waals surface area contributed by atoms with Gasteiger partial charge in [-0.25, -0.2) is 0 Å². The molecule has 0 fully saturated rings. The van der Waals surface area contributed by atoms with Gasteiger partial charge in [0.25, 0.3) is 0 Å². The Morgan fingerprint density at radius 2 is 0.328 bits per heavy atom. The molecule has 0 aliphatic rings. The van der Waals surface area contributed by atoms with Gasteiger partial charge in [0.15, 0.2) is 0 Å². The lowest BCUT2D eigenvalue weighted by atomic mass is 9.84. The van der Waals surface area contributed by atoms with Gasteiger partial charge in [-0.05, 0) is 50.4 Å². The van der Waals surface area contributed by atoms with Crippen LogP contribution in [0.5, 0.6) is 0 Å². The van der Waals surface area contributed by atoms with Gasteiger partial charge < -0.3 is 4.74 Å². The Morgan fingerprint density at radius 3 is 0.508 bits per heavy atom. The number of hydrogen-bond donors (Lipinski definition) is 0. The van der Waals surface area contributed by atoms with Crippen LogP contribution in [0.15, 0.2) is 0 Å². The summed E-state index contributed by atoms with van der Waals surface area (Å²) in [6.45, 7) is 14.1. The average Bonchev–Trinajstić information content (AvgIpc) is 3.27. The van der Waals surface area contributed by atoms with E-state index in [1.54, 1.807) is 0 Å². The lowest BCUT2D eigenvalue weighted by molar-refractivity contribution is -0.0845. The van der Waals surface area contributed by atoms with Crippen molar-refractivity contribution >= 4 is 0 Å². The summed E-state index contributed by atoms with van der Waals surface area (Å²) in [5, 5.41) is 0. The highest BCUT2D eigenvalue weighted by Crippen LogP contribution is 2.34. The Hall–Kier alpha value is -0.0400. The molecular formula is C60H122O. The maximum Gasteiger partial charge on any atom is 0.0607 e. The molecule has 61 heavy (non-hydrogen) atoms. The normalized spacial score (nSPS) is 13.0. The van der Waals surface area contributed by atoms with E-state index in [-0.39, 0.29) is 0 Å². The molecule has 0 bridgehead atoms. The molecule has 0 aromatic carbocycles. The zero-order valence-electron chi connectivity index (χ0n) is 44.1. The first-order chi connectivity index (χ1) is 30.2. The van der Waals surface area contributed by atoms with Crippen molar-refractivity contribution in [3.63, 3.8) is 0 Å². The summed E-state index contributed by atoms with van der Waals surface area (Å²) in [6.07, 6.45) is 72.2. The minimum atomic E-state index is 0.491. The highest BCUT2D eigenvalue weighted by atomic mass is 16.5. The summed E-state index contributed by atoms with van der Waals surface area (Å²) < 4.78 is 7.92. The fraction of sp³-hybridized carbons (Fsp3) is 1.00. The van der Waals surface area contributed by atoms with Crippen LogP contribution in [0.25, 0.3) is 0 Å². The van der Waals surface area contributed by atoms with Crippen LogP contribution in [0.1, 0.15) is 363 Å². The summed E-state index contributed by atoms with van der Waals surface area (Å²) in [6, 6.07) is 0. The first-order valence-electron chi connectivity index (χ1n) is 29.8. The van der Waals surface area contributed by atoms with Crippen LogP contribution in [0.4, 0.5) is 0 Å². The van der Waals surface area contributed by atoms with Gasteiger partial charge in [-0.15, -0.1) is 0 Å². The van der Waals surface area contributed by atoms with E-state index < -0.39 is 0 Å². The molecule has 0 aromatic heterocycles. The smallest absolute Gasteiger partial charge is 0.0607 e. The molecular weight excluding hydrogens is 737 g/mol. The van der Waals surface area contributed by atoms with Gasteiger partial charge in [0.1, 0.15) is 0 Å². The van der Waals surface area contributed by atoms with Gasteiger partial charge in [-0.2, -0.15) is 0 Å². The lowest BCUT2D eigenvalue weighted by Gasteiger charge is -2.36. The third kappa shape index (κ3) is 43.6. The van der Waals surface area contributed by atoms with E-state index in [4.69, 9.17) is 4.74 Å². The summed E-state index contributed by atoms with van der Waals surface area (Å²) in [5.41, 5.74) is 0. The third-order valence-corrected chi connectivity index (χ3v) is 14.8. The number of rotatable bonds is 54. The molecule has 1 nitrogen and oxygen atoms in total. The van der Waals surface area contributed by atoms with Crippen molar-refractivity contribution in [3.05, 3.63) is 0 Å². The second kappa shape index (κ2) is 52.6. The molecule has 0 N–H and O–H groups in total. The zero-order chi connectivity index (χ0) is 44.4. The predicted octanol–water partition coefficient (Wildman–Crippen LogP) is 22.6. The SMILES string of the molecule is CCCCCCCCCCCCC(OC(CCCCCCCCCCCC)C(CCCCCCCC)CCCCCCCC)C(CCCCCCCC)CCCCCCCC. The molecule has 0 aliphatic heterocycles. The standard InChI is InChI=1S/C60H122O/c1-7-13-19-25-31-33-35-37-43-49-55-59(57(51-45-39-27-21-15-9-3)52-46-40-28-22-16-10-4)61-60(56-50-44-38-36-34-32-26-20-14-8-2)58(53-47-41-29-23-17-11-5)54-48-42-30-24-18-12-6/h57-60H,7-56H2,1-6H3. The van der Waals surface area contributed by atoms with Gasteiger partial charge in [0.05, 0.1) is 12.2 Å². The van der Waals surface area contributed by atoms with E-state index in [1.807, 2.05) is 0 Å². The maximum atomic E-state index is 7.92. The van der Waals surface area contributed by atoms with Crippen LogP contribution in [-0.4, -0.2) is 12.2 Å². The largest absolute Gasteiger partial charge is 0.374 e. The molecule has 0 spiro atoms. The Balaban J connectivity index is 6.16. The van der Waals surface area contributed by atoms with E-state index in [0.717, 1.165) is 11.8 Å². The van der Waals surface area contributed by atoms with Gasteiger partial charge in [-0.1, -0.05) is 324 Å². The molecule has 2 atom stereocenters. The molecule has 0 aliphatic carbocycles. The van der Waals surface area contributed by atoms with E-state index in [9.17, 15) is 0 Å². The minimum absolute atomic E-state index is 0.491. The van der Waals surface area contributed by atoms with E-state index >= 15 is 0 Å². The van der Waals surface area contributed by atoms with Crippen molar-refractivity contribution < 1.29 is 4.74 Å². The van der Waals surface area contributed by atoms with Crippen LogP contribution in [-0.2, 0) is 4.74 Å². The third-order valence-electron chi connectivity index (χ3n) is 14.8. The number of hydrogen-bond acceptors (Lipinski definition) is 1. The van der Waals surface area contributed by atoms with E-state index in [2.05, 4.69) is 41.5 Å². The van der Waals surface area contributed by atoms with Crippen molar-refractivity contribution in [3.8, 4) is 0 Å². The zero-order valence-corrected chi connectivity index (χ0v) is 44.1. The Labute approximate surface area is 389 Å². The molecule has 0 amide bonds. The van der Waals surface area contributed by atoms with Gasteiger partial charge in [-0.3, -0.25) is 0 Å². The molecule has 2 unspecified atom stereocenters. The molecule has 0 rings (SSSR count). The van der Waals surface area contributed by atoms with Crippen LogP contribution in [0, 0.1) is 11.8 Å².